The zero-order valence-electron chi connectivity index (χ0n) is 17.3. The normalized spacial score (nSPS) is 12.2. The molecule has 0 fully saturated rings. The van der Waals surface area contributed by atoms with Crippen molar-refractivity contribution in [2.75, 3.05) is 0 Å². The molecule has 0 saturated heterocycles. The van der Waals surface area contributed by atoms with Crippen molar-refractivity contribution < 1.29 is 17.6 Å². The predicted molar refractivity (Wildman–Crippen MR) is 129 cm³/mol. The Labute approximate surface area is 193 Å². The lowest BCUT2D eigenvalue weighted by Crippen LogP contribution is -2.16. The Morgan fingerprint density at radius 2 is 1.85 bits per heavy atom. The number of hydrogen-bond acceptors (Lipinski definition) is 6. The van der Waals surface area contributed by atoms with Gasteiger partial charge in [-0.25, -0.2) is 19.0 Å². The van der Waals surface area contributed by atoms with Crippen molar-refractivity contribution >= 4 is 54.6 Å². The smallest absolute Gasteiger partial charge is 0.281 e. The summed E-state index contributed by atoms with van der Waals surface area (Å²) in [5.74, 6) is 0.658. The Morgan fingerprint density at radius 1 is 1.09 bits per heavy atom. The molecule has 5 rings (SSSR count). The summed E-state index contributed by atoms with van der Waals surface area (Å²) in [4.78, 5) is 14.2. The molecular formula is C23H18N4O4S2. The van der Waals surface area contributed by atoms with Crippen LogP contribution in [0.25, 0.3) is 32.4 Å². The van der Waals surface area contributed by atoms with Gasteiger partial charge in [0.25, 0.3) is 5.91 Å². The fourth-order valence-corrected chi connectivity index (χ4v) is 5.19. The topological polar surface area (TPSA) is 120 Å². The molecule has 2 aromatic carbocycles. The summed E-state index contributed by atoms with van der Waals surface area (Å²) < 4.78 is 30.5. The van der Waals surface area contributed by atoms with Crippen LogP contribution in [0.2, 0.25) is 0 Å². The highest BCUT2D eigenvalue weighted by molar-refractivity contribution is 7.89. The van der Waals surface area contributed by atoms with Gasteiger partial charge in [-0.05, 0) is 48.5 Å². The van der Waals surface area contributed by atoms with Gasteiger partial charge in [-0.2, -0.15) is 5.10 Å². The van der Waals surface area contributed by atoms with Crippen LogP contribution in [0.4, 0.5) is 0 Å². The molecule has 0 radical (unpaired) electrons. The molecule has 0 aliphatic rings. The van der Waals surface area contributed by atoms with Crippen LogP contribution < -0.4 is 10.6 Å². The monoisotopic (exact) mass is 478 g/mol. The zero-order chi connectivity index (χ0) is 23.2. The fourth-order valence-electron chi connectivity index (χ4n) is 3.63. The number of fused-ring (bicyclic) bond motifs is 3. The summed E-state index contributed by atoms with van der Waals surface area (Å²) in [6.07, 6.45) is 1.41. The summed E-state index contributed by atoms with van der Waals surface area (Å²) in [5, 5.41) is 11.3. The SMILES string of the molecule is Cn1c2ccccc2c2cc(C(=O)NN=Cc3ccc(-c4ccc(S(N)(=O)=O)cc4)o3)sc21. The van der Waals surface area contributed by atoms with Crippen LogP contribution in [-0.2, 0) is 17.1 Å². The van der Waals surface area contributed by atoms with E-state index in [-0.39, 0.29) is 10.8 Å². The lowest BCUT2D eigenvalue weighted by molar-refractivity contribution is 0.0959. The average molecular weight is 479 g/mol. The Balaban J connectivity index is 1.29. The number of hydrogen-bond donors (Lipinski definition) is 2. The maximum atomic E-state index is 12.6. The largest absolute Gasteiger partial charge is 0.455 e. The van der Waals surface area contributed by atoms with Crippen LogP contribution in [0.5, 0.6) is 0 Å². The molecular weight excluding hydrogens is 460 g/mol. The summed E-state index contributed by atoms with van der Waals surface area (Å²) in [7, 11) is -1.77. The van der Waals surface area contributed by atoms with E-state index >= 15 is 0 Å². The third-order valence-corrected chi connectivity index (χ3v) is 7.39. The van der Waals surface area contributed by atoms with E-state index in [0.717, 1.165) is 21.1 Å². The molecule has 8 nitrogen and oxygen atoms in total. The van der Waals surface area contributed by atoms with E-state index in [2.05, 4.69) is 21.2 Å². The number of furan rings is 1. The van der Waals surface area contributed by atoms with E-state index < -0.39 is 10.0 Å². The molecule has 166 valence electrons. The number of carbonyl (C=O) groups excluding carboxylic acids is 1. The third kappa shape index (κ3) is 3.95. The Hall–Kier alpha value is -3.73. The van der Waals surface area contributed by atoms with Crippen molar-refractivity contribution in [3.8, 4) is 11.3 Å². The summed E-state index contributed by atoms with van der Waals surface area (Å²) in [5.41, 5.74) is 4.34. The Morgan fingerprint density at radius 3 is 2.61 bits per heavy atom. The van der Waals surface area contributed by atoms with Crippen LogP contribution in [0, 0.1) is 0 Å². The molecule has 10 heteroatoms. The van der Waals surface area contributed by atoms with Gasteiger partial charge in [0.05, 0.1) is 16.0 Å². The van der Waals surface area contributed by atoms with Gasteiger partial charge in [0.1, 0.15) is 16.4 Å². The van der Waals surface area contributed by atoms with Crippen LogP contribution in [-0.4, -0.2) is 25.1 Å². The maximum Gasteiger partial charge on any atom is 0.281 e. The molecule has 33 heavy (non-hydrogen) atoms. The summed E-state index contributed by atoms with van der Waals surface area (Å²) in [6, 6.07) is 19.4. The number of thiophene rings is 1. The van der Waals surface area contributed by atoms with Crippen molar-refractivity contribution in [1.82, 2.24) is 9.99 Å². The molecule has 1 amide bonds. The van der Waals surface area contributed by atoms with Crippen LogP contribution >= 0.6 is 11.3 Å². The summed E-state index contributed by atoms with van der Waals surface area (Å²) >= 11 is 1.41. The lowest BCUT2D eigenvalue weighted by atomic mass is 10.2. The van der Waals surface area contributed by atoms with Gasteiger partial charge < -0.3 is 8.98 Å². The Kier molecular flexibility index (Phi) is 5.12. The highest BCUT2D eigenvalue weighted by Gasteiger charge is 2.15. The average Bonchev–Trinajstić information content (AvgIpc) is 3.50. The number of nitrogens with one attached hydrogen (secondary N) is 1. The van der Waals surface area contributed by atoms with Gasteiger partial charge in [-0.15, -0.1) is 11.3 Å². The molecule has 0 aliphatic carbocycles. The maximum absolute atomic E-state index is 12.6. The number of aryl methyl sites for hydroxylation is 1. The van der Waals surface area contributed by atoms with Crippen molar-refractivity contribution in [3.05, 3.63) is 77.4 Å². The first kappa shape index (κ1) is 21.1. The highest BCUT2D eigenvalue weighted by Crippen LogP contribution is 2.34. The number of para-hydroxylation sites is 1. The highest BCUT2D eigenvalue weighted by atomic mass is 32.2. The first-order valence-electron chi connectivity index (χ1n) is 9.85. The molecule has 0 bridgehead atoms. The number of rotatable bonds is 5. The van der Waals surface area contributed by atoms with Gasteiger partial charge in [-0.1, -0.05) is 18.2 Å². The van der Waals surface area contributed by atoms with Crippen LogP contribution in [0.1, 0.15) is 15.4 Å². The minimum absolute atomic E-state index is 0.0246. The number of primary sulfonamides is 1. The van der Waals surface area contributed by atoms with Crippen LogP contribution in [0.15, 0.2) is 81.1 Å². The number of aromatic nitrogens is 1. The Bertz CT molecular complexity index is 1640. The predicted octanol–water partition coefficient (Wildman–Crippen LogP) is 4.06. The van der Waals surface area contributed by atoms with E-state index in [9.17, 15) is 13.2 Å². The number of nitrogens with zero attached hydrogens (tertiary/aromatic N) is 2. The van der Waals surface area contributed by atoms with Crippen molar-refractivity contribution in [3.63, 3.8) is 0 Å². The third-order valence-electron chi connectivity index (χ3n) is 5.25. The number of carbonyl (C=O) groups is 1. The van der Waals surface area contributed by atoms with Gasteiger partial charge in [0, 0.05) is 28.9 Å². The van der Waals surface area contributed by atoms with Gasteiger partial charge in [0.15, 0.2) is 0 Å². The number of amides is 1. The molecule has 0 atom stereocenters. The molecule has 3 N–H and O–H groups in total. The molecule has 3 aromatic heterocycles. The molecule has 0 saturated carbocycles. The van der Waals surface area contributed by atoms with E-state index in [1.807, 2.05) is 31.3 Å². The number of benzene rings is 2. The second-order valence-corrected chi connectivity index (χ2v) is 9.97. The number of hydrazone groups is 1. The first-order chi connectivity index (χ1) is 15.8. The van der Waals surface area contributed by atoms with Gasteiger partial charge in [-0.3, -0.25) is 4.79 Å². The molecule has 0 aliphatic heterocycles. The van der Waals surface area contributed by atoms with Crippen molar-refractivity contribution in [1.29, 1.82) is 0 Å². The second-order valence-electron chi connectivity index (χ2n) is 7.38. The second kappa shape index (κ2) is 8.00. The minimum atomic E-state index is -3.75. The minimum Gasteiger partial charge on any atom is -0.455 e. The van der Waals surface area contributed by atoms with E-state index in [1.54, 1.807) is 24.3 Å². The summed E-state index contributed by atoms with van der Waals surface area (Å²) in [6.45, 7) is 0. The first-order valence-corrected chi connectivity index (χ1v) is 12.2. The quantitative estimate of drug-likeness (QED) is 0.292. The molecule has 3 heterocycles. The fraction of sp³-hybridized carbons (Fsp3) is 0.0435. The van der Waals surface area contributed by atoms with Crippen molar-refractivity contribution in [2.45, 2.75) is 4.90 Å². The molecule has 0 unspecified atom stereocenters. The lowest BCUT2D eigenvalue weighted by Gasteiger charge is -2.00. The van der Waals surface area contributed by atoms with E-state index in [1.165, 1.54) is 29.7 Å². The zero-order valence-corrected chi connectivity index (χ0v) is 19.0. The van der Waals surface area contributed by atoms with Crippen molar-refractivity contribution in [2.24, 2.45) is 17.3 Å². The standard InChI is InChI=1S/C23H18N4O4S2/c1-27-19-5-3-2-4-17(19)18-12-21(32-23(18)27)22(28)26-25-13-15-8-11-20(31-15)14-6-9-16(10-7-14)33(24,29)30/h2-13H,1H3,(H,26,28)(H2,24,29,30). The molecule has 5 aromatic rings. The van der Waals surface area contributed by atoms with Crippen LogP contribution in [0.3, 0.4) is 0 Å². The van der Waals surface area contributed by atoms with E-state index in [4.69, 9.17) is 9.56 Å². The molecule has 0 spiro atoms. The van der Waals surface area contributed by atoms with Gasteiger partial charge >= 0.3 is 0 Å². The van der Waals surface area contributed by atoms with E-state index in [0.29, 0.717) is 22.0 Å². The van der Waals surface area contributed by atoms with Gasteiger partial charge in [0.2, 0.25) is 10.0 Å². The number of nitrogens with two attached hydrogens (primary N) is 1. The number of sulfonamides is 1.